The molecule has 0 aliphatic carbocycles. The summed E-state index contributed by atoms with van der Waals surface area (Å²) in [6.07, 6.45) is 0.387. The van der Waals surface area contributed by atoms with E-state index < -0.39 is 0 Å². The zero-order chi connectivity index (χ0) is 12.7. The number of ether oxygens (including phenoxy) is 1. The fourth-order valence-electron chi connectivity index (χ4n) is 1.24. The van der Waals surface area contributed by atoms with Crippen molar-refractivity contribution in [2.24, 2.45) is 0 Å². The molecule has 0 heterocycles. The molecule has 17 heavy (non-hydrogen) atoms. The number of benzene rings is 1. The molecule has 1 aromatic rings. The topological polar surface area (TPSA) is 62.1 Å². The van der Waals surface area contributed by atoms with Gasteiger partial charge < -0.3 is 10.1 Å². The van der Waals surface area contributed by atoms with E-state index in [2.05, 4.69) is 5.32 Å². The van der Waals surface area contributed by atoms with Gasteiger partial charge in [0.25, 0.3) is 0 Å². The van der Waals surface area contributed by atoms with Gasteiger partial charge in [-0.15, -0.1) is 0 Å². The number of amides is 1. The van der Waals surface area contributed by atoms with Crippen molar-refractivity contribution in [1.29, 1.82) is 5.26 Å². The monoisotopic (exact) mass is 252 g/mol. The van der Waals surface area contributed by atoms with E-state index >= 15 is 0 Å². The molecule has 0 spiro atoms. The van der Waals surface area contributed by atoms with Gasteiger partial charge in [-0.2, -0.15) is 5.26 Å². The van der Waals surface area contributed by atoms with E-state index in [9.17, 15) is 4.79 Å². The molecule has 1 aromatic carbocycles. The van der Waals surface area contributed by atoms with Crippen molar-refractivity contribution >= 4 is 23.2 Å². The average Bonchev–Trinajstić information content (AvgIpc) is 2.30. The number of carbonyl (C=O) groups excluding carboxylic acids is 1. The number of hydrogen-bond donors (Lipinski definition) is 1. The van der Waals surface area contributed by atoms with Crippen LogP contribution in [0.2, 0.25) is 5.02 Å². The fraction of sp³-hybridized carbons (Fsp3) is 0.333. The molecular formula is C12H13ClN2O2. The van der Waals surface area contributed by atoms with Gasteiger partial charge in [-0.25, -0.2) is 0 Å². The van der Waals surface area contributed by atoms with E-state index in [0.29, 0.717) is 23.1 Å². The number of hydrogen-bond acceptors (Lipinski definition) is 3. The first-order valence-electron chi connectivity index (χ1n) is 5.26. The van der Waals surface area contributed by atoms with Crippen molar-refractivity contribution in [2.45, 2.75) is 19.8 Å². The number of carbonyl (C=O) groups is 1. The van der Waals surface area contributed by atoms with E-state index in [-0.39, 0.29) is 18.7 Å². The van der Waals surface area contributed by atoms with Gasteiger partial charge >= 0.3 is 0 Å². The lowest BCUT2D eigenvalue weighted by Crippen LogP contribution is -2.10. The minimum atomic E-state index is -0.202. The van der Waals surface area contributed by atoms with Crippen molar-refractivity contribution in [3.63, 3.8) is 0 Å². The molecule has 1 amide bonds. The van der Waals surface area contributed by atoms with Gasteiger partial charge in [-0.05, 0) is 25.1 Å². The molecule has 0 radical (unpaired) electrons. The third-order valence-electron chi connectivity index (χ3n) is 1.98. The second-order valence-corrected chi connectivity index (χ2v) is 3.69. The number of nitriles is 1. The Hall–Kier alpha value is -1.73. The molecule has 5 heteroatoms. The lowest BCUT2D eigenvalue weighted by Gasteiger charge is -2.08. The van der Waals surface area contributed by atoms with Gasteiger partial charge in [0.05, 0.1) is 17.7 Å². The summed E-state index contributed by atoms with van der Waals surface area (Å²) in [4.78, 5) is 11.4. The Morgan fingerprint density at radius 2 is 2.35 bits per heavy atom. The summed E-state index contributed by atoms with van der Waals surface area (Å²) in [5.41, 5.74) is 0.599. The Morgan fingerprint density at radius 1 is 1.59 bits per heavy atom. The number of rotatable bonds is 5. The summed E-state index contributed by atoms with van der Waals surface area (Å²) in [5.74, 6) is 0.385. The molecule has 0 unspecified atom stereocenters. The molecule has 0 saturated heterocycles. The smallest absolute Gasteiger partial charge is 0.225 e. The Labute approximate surface area is 105 Å². The molecule has 4 nitrogen and oxygen atoms in total. The molecule has 90 valence electrons. The SMILES string of the molecule is CCOc1ccc(NC(=O)CCC#N)cc1Cl. The lowest BCUT2D eigenvalue weighted by molar-refractivity contribution is -0.116. The largest absolute Gasteiger partial charge is 0.492 e. The summed E-state index contributed by atoms with van der Waals surface area (Å²) in [6, 6.07) is 6.95. The number of nitrogens with one attached hydrogen (secondary N) is 1. The first kappa shape index (κ1) is 13.3. The maximum Gasteiger partial charge on any atom is 0.225 e. The van der Waals surface area contributed by atoms with E-state index in [1.165, 1.54) is 0 Å². The minimum Gasteiger partial charge on any atom is -0.492 e. The quantitative estimate of drug-likeness (QED) is 0.876. The van der Waals surface area contributed by atoms with Crippen LogP contribution >= 0.6 is 11.6 Å². The van der Waals surface area contributed by atoms with Crippen molar-refractivity contribution in [2.75, 3.05) is 11.9 Å². The summed E-state index contributed by atoms with van der Waals surface area (Å²) >= 11 is 5.97. The number of halogens is 1. The molecule has 0 aromatic heterocycles. The molecule has 0 atom stereocenters. The van der Waals surface area contributed by atoms with Gasteiger partial charge in [-0.3, -0.25) is 4.79 Å². The van der Waals surface area contributed by atoms with Gasteiger partial charge in [0.15, 0.2) is 0 Å². The van der Waals surface area contributed by atoms with Crippen molar-refractivity contribution in [3.8, 4) is 11.8 Å². The molecule has 0 aliphatic rings. The number of anilines is 1. The molecule has 0 fully saturated rings. The van der Waals surface area contributed by atoms with Crippen LogP contribution in [0.4, 0.5) is 5.69 Å². The van der Waals surface area contributed by atoms with Crippen LogP contribution in [0.25, 0.3) is 0 Å². The molecule has 1 N–H and O–H groups in total. The first-order chi connectivity index (χ1) is 8.17. The van der Waals surface area contributed by atoms with Crippen LogP contribution < -0.4 is 10.1 Å². The minimum absolute atomic E-state index is 0.182. The molecular weight excluding hydrogens is 240 g/mol. The predicted molar refractivity (Wildman–Crippen MR) is 66.1 cm³/mol. The van der Waals surface area contributed by atoms with Crippen molar-refractivity contribution in [3.05, 3.63) is 23.2 Å². The Morgan fingerprint density at radius 3 is 2.94 bits per heavy atom. The van der Waals surface area contributed by atoms with Crippen LogP contribution in [0.1, 0.15) is 19.8 Å². The highest BCUT2D eigenvalue weighted by molar-refractivity contribution is 6.32. The predicted octanol–water partition coefficient (Wildman–Crippen LogP) is 2.98. The summed E-state index contributed by atoms with van der Waals surface area (Å²) in [5, 5.41) is 11.5. The van der Waals surface area contributed by atoms with E-state index in [1.807, 2.05) is 13.0 Å². The normalized spacial score (nSPS) is 9.47. The summed E-state index contributed by atoms with van der Waals surface area (Å²) < 4.78 is 5.27. The Balaban J connectivity index is 2.64. The maximum absolute atomic E-state index is 11.4. The zero-order valence-corrected chi connectivity index (χ0v) is 10.3. The highest BCUT2D eigenvalue weighted by Crippen LogP contribution is 2.27. The van der Waals surface area contributed by atoms with Crippen molar-refractivity contribution < 1.29 is 9.53 Å². The van der Waals surface area contributed by atoms with Crippen LogP contribution in [0.15, 0.2) is 18.2 Å². The van der Waals surface area contributed by atoms with Gasteiger partial charge in [0, 0.05) is 18.5 Å². The van der Waals surface area contributed by atoms with Gasteiger partial charge in [0.1, 0.15) is 5.75 Å². The second kappa shape index (κ2) is 6.77. The summed E-state index contributed by atoms with van der Waals surface area (Å²) in [6.45, 7) is 2.40. The lowest BCUT2D eigenvalue weighted by atomic mass is 10.2. The Kier molecular flexibility index (Phi) is 5.31. The highest BCUT2D eigenvalue weighted by Gasteiger charge is 2.05. The second-order valence-electron chi connectivity index (χ2n) is 3.28. The summed E-state index contributed by atoms with van der Waals surface area (Å²) in [7, 11) is 0. The third-order valence-corrected chi connectivity index (χ3v) is 2.27. The van der Waals surface area contributed by atoms with Gasteiger partial charge in [-0.1, -0.05) is 11.6 Å². The molecule has 1 rings (SSSR count). The molecule has 0 aliphatic heterocycles. The zero-order valence-electron chi connectivity index (χ0n) is 9.50. The average molecular weight is 253 g/mol. The Bertz CT molecular complexity index is 441. The van der Waals surface area contributed by atoms with Crippen LogP contribution in [0.3, 0.4) is 0 Å². The molecule has 0 saturated carbocycles. The van der Waals surface area contributed by atoms with Crippen LogP contribution in [0, 0.1) is 11.3 Å². The molecule has 0 bridgehead atoms. The first-order valence-corrected chi connectivity index (χ1v) is 5.64. The van der Waals surface area contributed by atoms with E-state index in [4.69, 9.17) is 21.6 Å². The van der Waals surface area contributed by atoms with Crippen LogP contribution in [-0.2, 0) is 4.79 Å². The van der Waals surface area contributed by atoms with Crippen LogP contribution in [-0.4, -0.2) is 12.5 Å². The standard InChI is InChI=1S/C12H13ClN2O2/c1-2-17-11-6-5-9(8-10(11)13)15-12(16)4-3-7-14/h5-6,8H,2-4H2,1H3,(H,15,16). The van der Waals surface area contributed by atoms with Crippen molar-refractivity contribution in [1.82, 2.24) is 0 Å². The maximum atomic E-state index is 11.4. The van der Waals surface area contributed by atoms with Crippen LogP contribution in [0.5, 0.6) is 5.75 Å². The third kappa shape index (κ3) is 4.33. The highest BCUT2D eigenvalue weighted by atomic mass is 35.5. The van der Waals surface area contributed by atoms with Gasteiger partial charge in [0.2, 0.25) is 5.91 Å². The fourth-order valence-corrected chi connectivity index (χ4v) is 1.48. The number of nitrogens with zero attached hydrogens (tertiary/aromatic N) is 1. The van der Waals surface area contributed by atoms with E-state index in [0.717, 1.165) is 0 Å². The van der Waals surface area contributed by atoms with E-state index in [1.54, 1.807) is 18.2 Å².